The van der Waals surface area contributed by atoms with E-state index in [2.05, 4.69) is 39.4 Å². The Labute approximate surface area is 163 Å². The zero-order valence-electron chi connectivity index (χ0n) is 15.0. The summed E-state index contributed by atoms with van der Waals surface area (Å²) in [6.45, 7) is 10.4. The zero-order chi connectivity index (χ0) is 16.3. The van der Waals surface area contributed by atoms with Crippen molar-refractivity contribution in [1.82, 2.24) is 20.4 Å². The van der Waals surface area contributed by atoms with Crippen LogP contribution in [0.1, 0.15) is 25.5 Å². The van der Waals surface area contributed by atoms with E-state index < -0.39 is 0 Å². The van der Waals surface area contributed by atoms with Gasteiger partial charge in [0.2, 0.25) is 0 Å². The van der Waals surface area contributed by atoms with Crippen LogP contribution in [0.2, 0.25) is 0 Å². The van der Waals surface area contributed by atoms with Crippen molar-refractivity contribution in [3.05, 3.63) is 24.2 Å². The number of hydrogen-bond acceptors (Lipinski definition) is 4. The van der Waals surface area contributed by atoms with Crippen molar-refractivity contribution < 1.29 is 4.42 Å². The normalized spacial score (nSPS) is 17.2. The molecule has 0 amide bonds. The lowest BCUT2D eigenvalue weighted by atomic mass is 10.3. The molecule has 7 heteroatoms. The van der Waals surface area contributed by atoms with E-state index in [1.165, 1.54) is 32.6 Å². The smallest absolute Gasteiger partial charge is 0.191 e. The monoisotopic (exact) mass is 449 g/mol. The van der Waals surface area contributed by atoms with Crippen molar-refractivity contribution in [2.24, 2.45) is 4.99 Å². The molecule has 0 atom stereocenters. The molecule has 0 saturated carbocycles. The summed E-state index contributed by atoms with van der Waals surface area (Å²) in [6, 6.07) is 3.84. The molecule has 2 rings (SSSR count). The largest absolute Gasteiger partial charge is 0.467 e. The highest BCUT2D eigenvalue weighted by Gasteiger charge is 2.11. The zero-order valence-corrected chi connectivity index (χ0v) is 17.3. The Morgan fingerprint density at radius 1 is 1.25 bits per heavy atom. The van der Waals surface area contributed by atoms with Crippen molar-refractivity contribution in [2.45, 2.75) is 26.3 Å². The Morgan fingerprint density at radius 2 is 2.12 bits per heavy atom. The molecule has 0 bridgehead atoms. The van der Waals surface area contributed by atoms with E-state index in [-0.39, 0.29) is 24.0 Å². The molecule has 6 nitrogen and oxygen atoms in total. The van der Waals surface area contributed by atoms with Gasteiger partial charge in [-0.05, 0) is 58.6 Å². The van der Waals surface area contributed by atoms with E-state index in [0.29, 0.717) is 6.54 Å². The second-order valence-electron chi connectivity index (χ2n) is 6.05. The van der Waals surface area contributed by atoms with Crippen LogP contribution in [0.4, 0.5) is 0 Å². The van der Waals surface area contributed by atoms with Crippen molar-refractivity contribution in [3.63, 3.8) is 0 Å². The lowest BCUT2D eigenvalue weighted by Crippen LogP contribution is -2.39. The van der Waals surface area contributed by atoms with Crippen molar-refractivity contribution in [2.75, 3.05) is 52.9 Å². The van der Waals surface area contributed by atoms with Gasteiger partial charge in [-0.1, -0.05) is 0 Å². The molecule has 0 aliphatic carbocycles. The first-order valence-electron chi connectivity index (χ1n) is 8.73. The SMILES string of the molecule is CCNC(=NCc1ccco1)NCCCN1CCCN(C)CC1.I. The minimum Gasteiger partial charge on any atom is -0.467 e. The maximum atomic E-state index is 5.31. The van der Waals surface area contributed by atoms with Crippen LogP contribution in [-0.2, 0) is 6.54 Å². The van der Waals surface area contributed by atoms with E-state index in [1.807, 2.05) is 12.1 Å². The van der Waals surface area contributed by atoms with Crippen molar-refractivity contribution >= 4 is 29.9 Å². The molecule has 0 spiro atoms. The topological polar surface area (TPSA) is 56.0 Å². The summed E-state index contributed by atoms with van der Waals surface area (Å²) in [5, 5.41) is 6.68. The molecule has 24 heavy (non-hydrogen) atoms. The van der Waals surface area contributed by atoms with Crippen LogP contribution in [-0.4, -0.2) is 68.6 Å². The van der Waals surface area contributed by atoms with Crippen molar-refractivity contribution in [1.29, 1.82) is 0 Å². The van der Waals surface area contributed by atoms with Crippen molar-refractivity contribution in [3.8, 4) is 0 Å². The molecular weight excluding hydrogens is 417 g/mol. The molecule has 2 N–H and O–H groups in total. The molecule has 0 aromatic carbocycles. The third-order valence-corrected chi connectivity index (χ3v) is 4.07. The number of guanidine groups is 1. The molecule has 1 aromatic rings. The van der Waals surface area contributed by atoms with Gasteiger partial charge < -0.3 is 24.9 Å². The Hall–Kier alpha value is -0.800. The maximum Gasteiger partial charge on any atom is 0.191 e. The van der Waals surface area contributed by atoms with Gasteiger partial charge >= 0.3 is 0 Å². The molecular formula is C17H32IN5O. The third kappa shape index (κ3) is 8.34. The second-order valence-corrected chi connectivity index (χ2v) is 6.05. The first kappa shape index (κ1) is 21.2. The van der Waals surface area contributed by atoms with Gasteiger partial charge in [-0.25, -0.2) is 4.99 Å². The average molecular weight is 449 g/mol. The number of likely N-dealkylation sites (N-methyl/N-ethyl adjacent to an activating group) is 1. The minimum absolute atomic E-state index is 0. The van der Waals surface area contributed by atoms with Crippen LogP contribution in [0.25, 0.3) is 0 Å². The predicted molar refractivity (Wildman–Crippen MR) is 110 cm³/mol. The first-order valence-corrected chi connectivity index (χ1v) is 8.73. The molecule has 0 unspecified atom stereocenters. The quantitative estimate of drug-likeness (QED) is 0.289. The second kappa shape index (κ2) is 12.5. The van der Waals surface area contributed by atoms with Gasteiger partial charge in [0.1, 0.15) is 12.3 Å². The fourth-order valence-electron chi connectivity index (χ4n) is 2.73. The average Bonchev–Trinajstić information content (AvgIpc) is 2.98. The lowest BCUT2D eigenvalue weighted by Gasteiger charge is -2.20. The summed E-state index contributed by atoms with van der Waals surface area (Å²) in [5.41, 5.74) is 0. The predicted octanol–water partition coefficient (Wildman–Crippen LogP) is 1.98. The number of hydrogen-bond donors (Lipinski definition) is 2. The number of halogens is 1. The van der Waals surface area contributed by atoms with Gasteiger partial charge in [0, 0.05) is 26.2 Å². The summed E-state index contributed by atoms with van der Waals surface area (Å²) < 4.78 is 5.31. The Balaban J connectivity index is 0.00000288. The summed E-state index contributed by atoms with van der Waals surface area (Å²) >= 11 is 0. The molecule has 0 radical (unpaired) electrons. The van der Waals surface area contributed by atoms with Crippen LogP contribution in [0.5, 0.6) is 0 Å². The van der Waals surface area contributed by atoms with Crippen LogP contribution in [0.15, 0.2) is 27.8 Å². The van der Waals surface area contributed by atoms with Crippen LogP contribution < -0.4 is 10.6 Å². The van der Waals surface area contributed by atoms with Gasteiger partial charge in [0.15, 0.2) is 5.96 Å². The molecule has 1 fully saturated rings. The van der Waals surface area contributed by atoms with Crippen LogP contribution >= 0.6 is 24.0 Å². The number of nitrogens with zero attached hydrogens (tertiary/aromatic N) is 3. The van der Waals surface area contributed by atoms with Gasteiger partial charge in [0.05, 0.1) is 6.26 Å². The number of furan rings is 1. The van der Waals surface area contributed by atoms with E-state index >= 15 is 0 Å². The van der Waals surface area contributed by atoms with E-state index in [1.54, 1.807) is 6.26 Å². The standard InChI is InChI=1S/C17H31N5O.HI/c1-3-18-17(20-15-16-7-4-14-23-16)19-8-5-10-22-11-6-9-21(2)12-13-22;/h4,7,14H,3,5-6,8-13,15H2,1-2H3,(H2,18,19,20);1H. The molecule has 138 valence electrons. The summed E-state index contributed by atoms with van der Waals surface area (Å²) in [5.74, 6) is 1.75. The number of aliphatic imine (C=N–C) groups is 1. The van der Waals surface area contributed by atoms with Gasteiger partial charge in [-0.15, -0.1) is 24.0 Å². The Bertz CT molecular complexity index is 452. The lowest BCUT2D eigenvalue weighted by molar-refractivity contribution is 0.274. The van der Waals surface area contributed by atoms with Gasteiger partial charge in [-0.2, -0.15) is 0 Å². The molecule has 1 saturated heterocycles. The molecule has 2 heterocycles. The van der Waals surface area contributed by atoms with Gasteiger partial charge in [-0.3, -0.25) is 0 Å². The summed E-state index contributed by atoms with van der Waals surface area (Å²) in [7, 11) is 2.21. The van der Waals surface area contributed by atoms with Crippen LogP contribution in [0, 0.1) is 0 Å². The highest BCUT2D eigenvalue weighted by molar-refractivity contribution is 14.0. The summed E-state index contributed by atoms with van der Waals surface area (Å²) in [4.78, 5) is 9.53. The third-order valence-electron chi connectivity index (χ3n) is 4.07. The first-order chi connectivity index (χ1) is 11.3. The van der Waals surface area contributed by atoms with E-state index in [0.717, 1.165) is 37.8 Å². The van der Waals surface area contributed by atoms with E-state index in [4.69, 9.17) is 4.42 Å². The fraction of sp³-hybridized carbons (Fsp3) is 0.706. The summed E-state index contributed by atoms with van der Waals surface area (Å²) in [6.07, 6.45) is 4.09. The molecule has 1 aliphatic rings. The fourth-order valence-corrected chi connectivity index (χ4v) is 2.73. The highest BCUT2D eigenvalue weighted by atomic mass is 127. The number of nitrogens with one attached hydrogen (secondary N) is 2. The molecule has 1 aliphatic heterocycles. The maximum absolute atomic E-state index is 5.31. The number of rotatable bonds is 7. The van der Waals surface area contributed by atoms with Gasteiger partial charge in [0.25, 0.3) is 0 Å². The highest BCUT2D eigenvalue weighted by Crippen LogP contribution is 2.02. The Morgan fingerprint density at radius 3 is 2.88 bits per heavy atom. The minimum atomic E-state index is 0. The van der Waals surface area contributed by atoms with Crippen LogP contribution in [0.3, 0.4) is 0 Å². The van der Waals surface area contributed by atoms with E-state index in [9.17, 15) is 0 Å². The molecule has 1 aromatic heterocycles. The Kier molecular flexibility index (Phi) is 11.1.